The third-order valence-corrected chi connectivity index (χ3v) is 7.35. The predicted molar refractivity (Wildman–Crippen MR) is 147 cm³/mol. The highest BCUT2D eigenvalue weighted by Gasteiger charge is 2.34. The molecule has 5 aromatic rings. The zero-order valence-electron chi connectivity index (χ0n) is 20.5. The number of para-hydroxylation sites is 1. The Morgan fingerprint density at radius 3 is 2.43 bits per heavy atom. The number of hydrogen-bond donors (Lipinski definition) is 0. The van der Waals surface area contributed by atoms with E-state index in [4.69, 9.17) is 4.74 Å². The average molecular weight is 484 g/mol. The topological polar surface area (TPSA) is 45.7 Å². The SMILES string of the molecule is Cc1nc(OCc2ccccc2)ccc1N1C(=O)c2ccc(N3CCc4ccccc43)c3cccc1c23. The first kappa shape index (κ1) is 21.6. The van der Waals surface area contributed by atoms with Gasteiger partial charge in [0.25, 0.3) is 5.91 Å². The largest absolute Gasteiger partial charge is 0.473 e. The molecule has 180 valence electrons. The van der Waals surface area contributed by atoms with E-state index in [1.54, 1.807) is 4.90 Å². The smallest absolute Gasteiger partial charge is 0.263 e. The summed E-state index contributed by atoms with van der Waals surface area (Å²) in [6.07, 6.45) is 1.02. The monoisotopic (exact) mass is 483 g/mol. The molecule has 2 aliphatic rings. The summed E-state index contributed by atoms with van der Waals surface area (Å²) in [4.78, 5) is 22.6. The van der Waals surface area contributed by atoms with Crippen LogP contribution in [0.3, 0.4) is 0 Å². The number of hydrogen-bond acceptors (Lipinski definition) is 4. The van der Waals surface area contributed by atoms with Crippen molar-refractivity contribution in [3.05, 3.63) is 119 Å². The van der Waals surface area contributed by atoms with Gasteiger partial charge in [-0.3, -0.25) is 9.69 Å². The molecule has 0 saturated carbocycles. The first-order valence-corrected chi connectivity index (χ1v) is 12.6. The van der Waals surface area contributed by atoms with Gasteiger partial charge in [-0.05, 0) is 54.8 Å². The Kier molecular flexibility index (Phi) is 4.96. The number of benzene rings is 4. The molecule has 1 aromatic heterocycles. The molecule has 0 fully saturated rings. The molecule has 0 atom stereocenters. The Labute approximate surface area is 215 Å². The second-order valence-corrected chi connectivity index (χ2v) is 9.53. The summed E-state index contributed by atoms with van der Waals surface area (Å²) in [5.41, 5.74) is 7.97. The normalized spacial score (nSPS) is 13.9. The predicted octanol–water partition coefficient (Wildman–Crippen LogP) is 7.11. The Bertz CT molecular complexity index is 1680. The molecular weight excluding hydrogens is 458 g/mol. The number of amides is 1. The average Bonchev–Trinajstić information content (AvgIpc) is 3.49. The Hall–Kier alpha value is -4.64. The molecule has 7 rings (SSSR count). The molecule has 0 saturated heterocycles. The van der Waals surface area contributed by atoms with Crippen molar-refractivity contribution >= 4 is 39.4 Å². The highest BCUT2D eigenvalue weighted by Crippen LogP contribution is 2.47. The van der Waals surface area contributed by atoms with Crippen molar-refractivity contribution in [2.75, 3.05) is 16.3 Å². The molecule has 0 aliphatic carbocycles. The molecule has 4 aromatic carbocycles. The fourth-order valence-corrected chi connectivity index (χ4v) is 5.61. The second-order valence-electron chi connectivity index (χ2n) is 9.53. The molecule has 5 heteroatoms. The third kappa shape index (κ3) is 3.46. The lowest BCUT2D eigenvalue weighted by atomic mass is 10.0. The van der Waals surface area contributed by atoms with Crippen LogP contribution in [0.5, 0.6) is 5.88 Å². The summed E-state index contributed by atoms with van der Waals surface area (Å²) in [6.45, 7) is 3.30. The number of aryl methyl sites for hydroxylation is 1. The van der Waals surface area contributed by atoms with Gasteiger partial charge in [-0.2, -0.15) is 0 Å². The van der Waals surface area contributed by atoms with Gasteiger partial charge in [0, 0.05) is 34.8 Å². The van der Waals surface area contributed by atoms with Gasteiger partial charge < -0.3 is 9.64 Å². The molecule has 0 N–H and O–H groups in total. The Morgan fingerprint density at radius 1 is 0.784 bits per heavy atom. The maximum atomic E-state index is 13.7. The van der Waals surface area contributed by atoms with Crippen molar-refractivity contribution in [1.29, 1.82) is 0 Å². The fraction of sp³-hybridized carbons (Fsp3) is 0.125. The van der Waals surface area contributed by atoms with Gasteiger partial charge in [-0.1, -0.05) is 60.7 Å². The summed E-state index contributed by atoms with van der Waals surface area (Å²) in [5, 5.41) is 2.09. The molecule has 37 heavy (non-hydrogen) atoms. The number of nitrogens with zero attached hydrogens (tertiary/aromatic N) is 3. The molecule has 2 aliphatic heterocycles. The Balaban J connectivity index is 1.25. The first-order chi connectivity index (χ1) is 18.2. The third-order valence-electron chi connectivity index (χ3n) is 7.35. The summed E-state index contributed by atoms with van der Waals surface area (Å²) in [6, 6.07) is 32.6. The van der Waals surface area contributed by atoms with E-state index in [0.29, 0.717) is 12.5 Å². The number of fused-ring (bicyclic) bond motifs is 1. The van der Waals surface area contributed by atoms with E-state index in [1.807, 2.05) is 67.6 Å². The van der Waals surface area contributed by atoms with Gasteiger partial charge in [-0.15, -0.1) is 0 Å². The van der Waals surface area contributed by atoms with Crippen molar-refractivity contribution < 1.29 is 9.53 Å². The van der Waals surface area contributed by atoms with E-state index >= 15 is 0 Å². The van der Waals surface area contributed by atoms with Crippen LogP contribution in [0, 0.1) is 6.92 Å². The maximum absolute atomic E-state index is 13.7. The number of ether oxygens (including phenoxy) is 1. The molecule has 0 radical (unpaired) electrons. The van der Waals surface area contributed by atoms with Crippen LogP contribution in [-0.4, -0.2) is 17.4 Å². The van der Waals surface area contributed by atoms with Crippen LogP contribution in [0.15, 0.2) is 97.1 Å². The van der Waals surface area contributed by atoms with Crippen LogP contribution in [0.25, 0.3) is 10.8 Å². The van der Waals surface area contributed by atoms with Crippen LogP contribution < -0.4 is 14.5 Å². The van der Waals surface area contributed by atoms with Gasteiger partial charge in [0.05, 0.1) is 22.6 Å². The van der Waals surface area contributed by atoms with Crippen molar-refractivity contribution in [1.82, 2.24) is 4.98 Å². The molecule has 1 amide bonds. The Morgan fingerprint density at radius 2 is 1.57 bits per heavy atom. The van der Waals surface area contributed by atoms with Crippen LogP contribution in [0.1, 0.15) is 27.2 Å². The van der Waals surface area contributed by atoms with Crippen molar-refractivity contribution in [2.24, 2.45) is 0 Å². The standard InChI is InChI=1S/C32H25N3O2/c1-21-26(16-17-30(33-21)37-20-22-8-3-2-4-9-22)35-29-13-7-11-24-28(15-14-25(31(24)29)32(35)36)34-19-18-23-10-5-6-12-27(23)34/h2-17H,18-20H2,1H3. The van der Waals surface area contributed by atoms with Gasteiger partial charge in [-0.25, -0.2) is 4.98 Å². The summed E-state index contributed by atoms with van der Waals surface area (Å²) >= 11 is 0. The van der Waals surface area contributed by atoms with E-state index in [1.165, 1.54) is 11.3 Å². The lowest BCUT2D eigenvalue weighted by Gasteiger charge is -2.22. The lowest BCUT2D eigenvalue weighted by Crippen LogP contribution is -2.22. The molecule has 0 bridgehead atoms. The summed E-state index contributed by atoms with van der Waals surface area (Å²) < 4.78 is 5.92. The van der Waals surface area contributed by atoms with Gasteiger partial charge in [0.2, 0.25) is 5.88 Å². The second kappa shape index (κ2) is 8.49. The van der Waals surface area contributed by atoms with Crippen molar-refractivity contribution in [2.45, 2.75) is 20.0 Å². The lowest BCUT2D eigenvalue weighted by molar-refractivity contribution is 0.100. The minimum Gasteiger partial charge on any atom is -0.473 e. The van der Waals surface area contributed by atoms with Crippen LogP contribution >= 0.6 is 0 Å². The van der Waals surface area contributed by atoms with E-state index in [-0.39, 0.29) is 5.91 Å². The first-order valence-electron chi connectivity index (χ1n) is 12.6. The van der Waals surface area contributed by atoms with Crippen LogP contribution in [-0.2, 0) is 13.0 Å². The van der Waals surface area contributed by atoms with E-state index in [0.717, 1.165) is 57.6 Å². The zero-order chi connectivity index (χ0) is 24.9. The van der Waals surface area contributed by atoms with Crippen molar-refractivity contribution in [3.63, 3.8) is 0 Å². The van der Waals surface area contributed by atoms with Crippen LogP contribution in [0.2, 0.25) is 0 Å². The number of pyridine rings is 1. The van der Waals surface area contributed by atoms with E-state index < -0.39 is 0 Å². The number of carbonyl (C=O) groups excluding carboxylic acids is 1. The quantitative estimate of drug-likeness (QED) is 0.267. The molecule has 0 unspecified atom stereocenters. The fourth-order valence-electron chi connectivity index (χ4n) is 5.61. The zero-order valence-corrected chi connectivity index (χ0v) is 20.5. The van der Waals surface area contributed by atoms with E-state index in [9.17, 15) is 4.79 Å². The van der Waals surface area contributed by atoms with Gasteiger partial charge in [0.1, 0.15) is 6.61 Å². The molecular formula is C32H25N3O2. The minimum absolute atomic E-state index is 0.0255. The van der Waals surface area contributed by atoms with E-state index in [2.05, 4.69) is 46.3 Å². The molecule has 5 nitrogen and oxygen atoms in total. The van der Waals surface area contributed by atoms with Gasteiger partial charge >= 0.3 is 0 Å². The number of aromatic nitrogens is 1. The molecule has 3 heterocycles. The highest BCUT2D eigenvalue weighted by atomic mass is 16.5. The number of anilines is 4. The maximum Gasteiger partial charge on any atom is 0.263 e. The van der Waals surface area contributed by atoms with Crippen molar-refractivity contribution in [3.8, 4) is 5.88 Å². The number of carbonyl (C=O) groups is 1. The van der Waals surface area contributed by atoms with Crippen LogP contribution in [0.4, 0.5) is 22.7 Å². The summed E-state index contributed by atoms with van der Waals surface area (Å²) in [7, 11) is 0. The van der Waals surface area contributed by atoms with Gasteiger partial charge in [0.15, 0.2) is 0 Å². The summed E-state index contributed by atoms with van der Waals surface area (Å²) in [5.74, 6) is 0.518. The number of rotatable bonds is 5. The molecule has 0 spiro atoms. The highest BCUT2D eigenvalue weighted by molar-refractivity contribution is 6.29. The minimum atomic E-state index is -0.0255.